The number of aromatic hydroxyl groups is 1. The first-order valence-corrected chi connectivity index (χ1v) is 32.9. The number of fused-ring (bicyclic) bond motifs is 2. The van der Waals surface area contributed by atoms with E-state index < -0.39 is 225 Å². The molecule has 2 saturated heterocycles. The number of rotatable bonds is 21. The third-order valence-corrected chi connectivity index (χ3v) is 16.8. The number of carboxylic acid groups (broad SMARTS) is 4. The second-order valence-electron chi connectivity index (χ2n) is 24.9. The van der Waals surface area contributed by atoms with E-state index in [0.717, 1.165) is 44.2 Å². The zero-order chi connectivity index (χ0) is 77.1. The highest BCUT2D eigenvalue weighted by atomic mass is 16.6. The standard InChI is InChI=1S/C68H81N13O24/c1-6-11-48-57(105-48)67(102)78-47(29-82)62(97)80-55-33(5)104-68(103)46(22-36-28-70-41-15-10-8-13-39(36)41)77-63(98)53(30(2)20-49(85)86)79-64(99)54(32(4)83)72-31(3)26-71-58(93)43(23-50(87)88)76-66(101)56(34-16-18-37(84)19-17-34)81-61(96)45(25-52(91)92)74-60(95)44(24-51(89)90)73-59(94)42(75-65(55)100)21-35-27-69-40-14-9-7-12-38(35)40/h7-10,12-19,22,27-28,30,32-33,42-45,47-48,53-57,69-70,72,82-84H,3,6,11,20-21,23-26,29H2,1-2,4-5H3,(H,71,93)(H,73,94)(H,74,95)(H,75,100)(H,76,101)(H,77,98)(H,78,102)(H,79,99)(H,80,97)(H,81,96)(H,85,86)(H,87,88)(H,89,90)(H,91,92)/b46-22+/t30-,32-,33-,42-,43+,44+,45+,47?,48?,53+,54?,55+,56-,57?/m1/s1. The van der Waals surface area contributed by atoms with Crippen LogP contribution >= 0.6 is 0 Å². The summed E-state index contributed by atoms with van der Waals surface area (Å²) in [6.45, 7) is 7.07. The molecule has 2 aromatic heterocycles. The lowest BCUT2D eigenvalue weighted by atomic mass is 9.96. The molecule has 2 aliphatic rings. The van der Waals surface area contributed by atoms with E-state index in [1.165, 1.54) is 19.3 Å². The van der Waals surface area contributed by atoms with Crippen molar-refractivity contribution < 1.29 is 117 Å². The minimum atomic E-state index is -2.31. The number of hydrogen-bond acceptors (Lipinski definition) is 21. The Morgan fingerprint density at radius 2 is 1.19 bits per heavy atom. The fourth-order valence-electron chi connectivity index (χ4n) is 11.2. The highest BCUT2D eigenvalue weighted by molar-refractivity contribution is 6.04. The Morgan fingerprint density at radius 3 is 1.78 bits per heavy atom. The number of H-pyrrole nitrogens is 2. The monoisotopic (exact) mass is 1460 g/mol. The molecule has 37 nitrogen and oxygen atoms in total. The molecule has 4 unspecified atom stereocenters. The Kier molecular flexibility index (Phi) is 27.9. The number of benzene rings is 3. The molecule has 0 aliphatic carbocycles. The number of aromatic amines is 2. The molecule has 7 rings (SSSR count). The van der Waals surface area contributed by atoms with Crippen LogP contribution in [0.3, 0.4) is 0 Å². The number of para-hydroxylation sites is 2. The molecule has 37 heteroatoms. The summed E-state index contributed by atoms with van der Waals surface area (Å²) in [5, 5.41) is 98.1. The normalized spacial score (nSPS) is 24.4. The fourth-order valence-corrected chi connectivity index (χ4v) is 11.2. The predicted octanol–water partition coefficient (Wildman–Crippen LogP) is -2.69. The molecule has 20 N–H and O–H groups in total. The fraction of sp³-hybridized carbons (Fsp3) is 0.397. The average molecular weight is 1460 g/mol. The summed E-state index contributed by atoms with van der Waals surface area (Å²) in [5.74, 6) is -23.4. The van der Waals surface area contributed by atoms with Crippen LogP contribution in [0, 0.1) is 5.92 Å². The van der Waals surface area contributed by atoms with Gasteiger partial charge in [-0.25, -0.2) is 4.79 Å². The van der Waals surface area contributed by atoms with Crippen LogP contribution in [-0.4, -0.2) is 221 Å². The minimum absolute atomic E-state index is 0.169. The predicted molar refractivity (Wildman–Crippen MR) is 364 cm³/mol. The number of carboxylic acids is 4. The topological polar surface area (TPSA) is 583 Å². The molecule has 10 amide bonds. The Hall–Kier alpha value is -12.3. The van der Waals surface area contributed by atoms with Gasteiger partial charge in [-0.1, -0.05) is 75.4 Å². The molecule has 562 valence electrons. The smallest absolute Gasteiger partial charge is 0.355 e. The zero-order valence-corrected chi connectivity index (χ0v) is 56.9. The minimum Gasteiger partial charge on any atom is -0.508 e. The van der Waals surface area contributed by atoms with Gasteiger partial charge < -0.3 is 114 Å². The first-order chi connectivity index (χ1) is 49.7. The van der Waals surface area contributed by atoms with Crippen LogP contribution in [0.1, 0.15) is 89.0 Å². The van der Waals surface area contributed by atoms with Crippen molar-refractivity contribution >= 4 is 117 Å². The maximum absolute atomic E-state index is 15.3. The third kappa shape index (κ3) is 22.4. The van der Waals surface area contributed by atoms with Crippen LogP contribution < -0.4 is 58.5 Å². The number of aliphatic carboxylic acids is 4. The number of amides is 10. The number of epoxide rings is 1. The number of phenols is 1. The van der Waals surface area contributed by atoms with Crippen molar-refractivity contribution in [2.24, 2.45) is 5.92 Å². The number of esters is 1. The number of phenolic OH excluding ortho intramolecular Hbond substituents is 1. The Balaban J connectivity index is 1.37. The summed E-state index contributed by atoms with van der Waals surface area (Å²) in [4.78, 5) is 215. The molecule has 0 spiro atoms. The lowest BCUT2D eigenvalue weighted by Gasteiger charge is -2.30. The van der Waals surface area contributed by atoms with Crippen LogP contribution in [0.4, 0.5) is 0 Å². The second-order valence-corrected chi connectivity index (χ2v) is 24.9. The Bertz CT molecular complexity index is 4170. The van der Waals surface area contributed by atoms with E-state index in [4.69, 9.17) is 9.47 Å². The number of hydrogen-bond donors (Lipinski definition) is 20. The molecule has 2 aliphatic heterocycles. The molecule has 14 atom stereocenters. The molecule has 2 fully saturated rings. The summed E-state index contributed by atoms with van der Waals surface area (Å²) in [7, 11) is 0. The van der Waals surface area contributed by atoms with Crippen LogP contribution in [0.25, 0.3) is 27.9 Å². The molecule has 3 aromatic carbocycles. The second kappa shape index (κ2) is 36.6. The van der Waals surface area contributed by atoms with Gasteiger partial charge in [-0.15, -0.1) is 0 Å². The average Bonchev–Trinajstić information content (AvgIpc) is 1.72. The van der Waals surface area contributed by atoms with E-state index in [-0.39, 0.29) is 28.1 Å². The summed E-state index contributed by atoms with van der Waals surface area (Å²) in [6.07, 6.45) is -5.70. The number of carbonyl (C=O) groups is 15. The van der Waals surface area contributed by atoms with Gasteiger partial charge in [-0.3, -0.25) is 67.1 Å². The van der Waals surface area contributed by atoms with Gasteiger partial charge in [0.15, 0.2) is 6.10 Å². The van der Waals surface area contributed by atoms with Crippen LogP contribution in [-0.2, 0) is 87.8 Å². The lowest BCUT2D eigenvalue weighted by Crippen LogP contribution is -2.62. The maximum Gasteiger partial charge on any atom is 0.355 e. The van der Waals surface area contributed by atoms with E-state index in [1.807, 2.05) is 6.92 Å². The van der Waals surface area contributed by atoms with E-state index in [9.17, 15) is 93.3 Å². The SMILES string of the molecule is C=C1CNC(=O)[C@H](CC(=O)O)NC(=O)[C@@H](c2ccc(O)cc2)NC(=O)[C@H](CC(=O)O)NC(=O)[C@H](CC(=O)O)NC(=O)[C@@H](Cc2c[nH]c3ccccc23)NC(=O)[C@@H](NC(=O)C(CO)NC(=O)C2OC2CCC)[C@@H](C)OC(=O)/C(=C\c2c[nH]c3ccccc23)NC(=O)[C@H]([C@H](C)CC(=O)O)NC(=O)C([C@@H](C)O)N1. The molecule has 0 bridgehead atoms. The van der Waals surface area contributed by atoms with Crippen LogP contribution in [0.15, 0.2) is 103 Å². The van der Waals surface area contributed by atoms with Crippen molar-refractivity contribution in [3.05, 3.63) is 120 Å². The van der Waals surface area contributed by atoms with E-state index >= 15 is 14.4 Å². The number of aliphatic hydroxyl groups excluding tert-OH is 2. The van der Waals surface area contributed by atoms with Crippen LogP contribution in [0.5, 0.6) is 5.75 Å². The largest absolute Gasteiger partial charge is 0.508 e. The van der Waals surface area contributed by atoms with Crippen molar-refractivity contribution in [2.45, 2.75) is 151 Å². The first kappa shape index (κ1) is 80.1. The number of aromatic nitrogens is 2. The summed E-state index contributed by atoms with van der Waals surface area (Å²) >= 11 is 0. The quantitative estimate of drug-likeness (QED) is 0.0202. The van der Waals surface area contributed by atoms with Gasteiger partial charge >= 0.3 is 29.8 Å². The van der Waals surface area contributed by atoms with Gasteiger partial charge in [-0.05, 0) is 67.7 Å². The van der Waals surface area contributed by atoms with E-state index in [2.05, 4.69) is 75.0 Å². The zero-order valence-electron chi connectivity index (χ0n) is 56.9. The van der Waals surface area contributed by atoms with E-state index in [1.54, 1.807) is 48.5 Å². The Morgan fingerprint density at radius 1 is 0.638 bits per heavy atom. The van der Waals surface area contributed by atoms with Crippen molar-refractivity contribution in [3.63, 3.8) is 0 Å². The maximum atomic E-state index is 15.3. The third-order valence-electron chi connectivity index (χ3n) is 16.8. The van der Waals surface area contributed by atoms with Crippen molar-refractivity contribution in [1.29, 1.82) is 0 Å². The van der Waals surface area contributed by atoms with Gasteiger partial charge in [0.1, 0.15) is 71.9 Å². The summed E-state index contributed by atoms with van der Waals surface area (Å²) in [5.41, 5.74) is 0.0325. The molecular weight excluding hydrogens is 1380 g/mol. The summed E-state index contributed by atoms with van der Waals surface area (Å²) < 4.78 is 11.3. The molecule has 4 heterocycles. The van der Waals surface area contributed by atoms with Gasteiger partial charge in [-0.2, -0.15) is 0 Å². The number of nitrogens with one attached hydrogen (secondary N) is 13. The van der Waals surface area contributed by atoms with Gasteiger partial charge in [0.2, 0.25) is 53.2 Å². The van der Waals surface area contributed by atoms with Crippen molar-refractivity contribution in [2.75, 3.05) is 13.2 Å². The van der Waals surface area contributed by atoms with E-state index in [0.29, 0.717) is 34.6 Å². The summed E-state index contributed by atoms with van der Waals surface area (Å²) in [6, 6.07) is -1.49. The number of aliphatic hydroxyl groups is 2. The molecule has 5 aromatic rings. The molecule has 0 saturated carbocycles. The van der Waals surface area contributed by atoms with Crippen molar-refractivity contribution in [1.82, 2.24) is 68.5 Å². The lowest BCUT2D eigenvalue weighted by molar-refractivity contribution is -0.150. The van der Waals surface area contributed by atoms with Gasteiger partial charge in [0.25, 0.3) is 5.91 Å². The van der Waals surface area contributed by atoms with Crippen LogP contribution in [0.2, 0.25) is 0 Å². The highest BCUT2D eigenvalue weighted by Gasteiger charge is 2.46. The van der Waals surface area contributed by atoms with Gasteiger partial charge in [0.05, 0.1) is 51.0 Å². The van der Waals surface area contributed by atoms with Crippen molar-refractivity contribution in [3.8, 4) is 5.75 Å². The van der Waals surface area contributed by atoms with Gasteiger partial charge in [0, 0.05) is 51.9 Å². The highest BCUT2D eigenvalue weighted by Crippen LogP contribution is 2.28. The number of cyclic esters (lactones) is 1. The molecular formula is C68H81N13O24. The number of carbonyl (C=O) groups excluding carboxylic acids is 11. The first-order valence-electron chi connectivity index (χ1n) is 32.9. The molecule has 0 radical (unpaired) electrons. The molecule has 105 heavy (non-hydrogen) atoms. The number of ether oxygens (including phenoxy) is 2. The Labute approximate surface area is 596 Å².